The molecule has 0 aliphatic carbocycles. The molecule has 0 atom stereocenters. The molecule has 22 heavy (non-hydrogen) atoms. The minimum absolute atomic E-state index is 0.0372. The number of carbonyl (C=O) groups excluding carboxylic acids is 1. The minimum Gasteiger partial charge on any atom is -0.438 e. The van der Waals surface area contributed by atoms with E-state index in [0.717, 1.165) is 21.9 Å². The van der Waals surface area contributed by atoms with Crippen LogP contribution >= 0.6 is 11.3 Å². The molecule has 0 saturated carbocycles. The van der Waals surface area contributed by atoms with Crippen molar-refractivity contribution in [2.45, 2.75) is 13.1 Å². The van der Waals surface area contributed by atoms with Gasteiger partial charge >= 0.3 is 0 Å². The van der Waals surface area contributed by atoms with Crippen LogP contribution in [-0.4, -0.2) is 10.9 Å². The summed E-state index contributed by atoms with van der Waals surface area (Å²) in [5.41, 5.74) is 2.54. The first kappa shape index (κ1) is 13.1. The quantitative estimate of drug-likeness (QED) is 0.776. The number of nitrogens with zero attached hydrogens (tertiary/aromatic N) is 1. The number of nitrogens with one attached hydrogen (secondary N) is 2. The number of hydrogen-bond acceptors (Lipinski definition) is 5. The van der Waals surface area contributed by atoms with E-state index in [2.05, 4.69) is 15.6 Å². The third-order valence-electron chi connectivity index (χ3n) is 3.56. The SMILES string of the molecule is O=C1NCc2cccc(NCc3ncc(-c4cccs4)o3)c21. The number of hydrogen-bond donors (Lipinski definition) is 2. The first-order valence-electron chi connectivity index (χ1n) is 6.94. The van der Waals surface area contributed by atoms with E-state index in [1.807, 2.05) is 35.7 Å². The van der Waals surface area contributed by atoms with Crippen molar-refractivity contribution in [3.8, 4) is 10.6 Å². The first-order valence-corrected chi connectivity index (χ1v) is 7.82. The second kappa shape index (κ2) is 5.31. The van der Waals surface area contributed by atoms with Crippen LogP contribution in [0.15, 0.2) is 46.3 Å². The van der Waals surface area contributed by atoms with Crippen LogP contribution in [0.2, 0.25) is 0 Å². The molecule has 0 radical (unpaired) electrons. The molecule has 0 bridgehead atoms. The fourth-order valence-electron chi connectivity index (χ4n) is 2.52. The fourth-order valence-corrected chi connectivity index (χ4v) is 3.19. The molecule has 1 amide bonds. The summed E-state index contributed by atoms with van der Waals surface area (Å²) in [4.78, 5) is 17.2. The van der Waals surface area contributed by atoms with Crippen LogP contribution in [0.3, 0.4) is 0 Å². The van der Waals surface area contributed by atoms with Crippen LogP contribution < -0.4 is 10.6 Å². The van der Waals surface area contributed by atoms with Crippen molar-refractivity contribution in [2.24, 2.45) is 0 Å². The summed E-state index contributed by atoms with van der Waals surface area (Å²) in [5, 5.41) is 8.07. The van der Waals surface area contributed by atoms with E-state index < -0.39 is 0 Å². The van der Waals surface area contributed by atoms with E-state index in [-0.39, 0.29) is 5.91 Å². The Hall–Kier alpha value is -2.60. The molecule has 2 aromatic heterocycles. The maximum Gasteiger partial charge on any atom is 0.253 e. The van der Waals surface area contributed by atoms with Gasteiger partial charge in [0.25, 0.3) is 5.91 Å². The number of thiophene rings is 1. The molecule has 3 aromatic rings. The molecule has 3 heterocycles. The van der Waals surface area contributed by atoms with Crippen molar-refractivity contribution in [1.82, 2.24) is 10.3 Å². The molecule has 1 aliphatic rings. The lowest BCUT2D eigenvalue weighted by Crippen LogP contribution is -2.14. The van der Waals surface area contributed by atoms with Crippen LogP contribution in [0.1, 0.15) is 21.8 Å². The molecule has 1 aromatic carbocycles. The van der Waals surface area contributed by atoms with Gasteiger partial charge < -0.3 is 15.1 Å². The van der Waals surface area contributed by atoms with Gasteiger partial charge in [0.05, 0.1) is 23.2 Å². The number of fused-ring (bicyclic) bond motifs is 1. The van der Waals surface area contributed by atoms with Crippen molar-refractivity contribution in [1.29, 1.82) is 0 Å². The van der Waals surface area contributed by atoms with E-state index >= 15 is 0 Å². The zero-order valence-corrected chi connectivity index (χ0v) is 12.4. The normalized spacial score (nSPS) is 13.0. The van der Waals surface area contributed by atoms with Gasteiger partial charge in [0, 0.05) is 12.2 Å². The largest absolute Gasteiger partial charge is 0.438 e. The van der Waals surface area contributed by atoms with Crippen molar-refractivity contribution in [2.75, 3.05) is 5.32 Å². The van der Waals surface area contributed by atoms with Gasteiger partial charge in [-0.05, 0) is 23.1 Å². The van der Waals surface area contributed by atoms with Crippen LogP contribution in [0, 0.1) is 0 Å². The maximum atomic E-state index is 11.9. The molecule has 0 unspecified atom stereocenters. The predicted molar refractivity (Wildman–Crippen MR) is 84.8 cm³/mol. The van der Waals surface area contributed by atoms with Gasteiger partial charge in [-0.15, -0.1) is 11.3 Å². The van der Waals surface area contributed by atoms with Crippen molar-refractivity contribution in [3.63, 3.8) is 0 Å². The van der Waals surface area contributed by atoms with Gasteiger partial charge in [0.2, 0.25) is 5.89 Å². The molecule has 110 valence electrons. The second-order valence-electron chi connectivity index (χ2n) is 4.97. The molecule has 5 nitrogen and oxygen atoms in total. The summed E-state index contributed by atoms with van der Waals surface area (Å²) >= 11 is 1.61. The average molecular weight is 311 g/mol. The lowest BCUT2D eigenvalue weighted by atomic mass is 10.1. The Labute approximate surface area is 131 Å². The zero-order chi connectivity index (χ0) is 14.9. The zero-order valence-electron chi connectivity index (χ0n) is 11.6. The third kappa shape index (κ3) is 2.27. The lowest BCUT2D eigenvalue weighted by Gasteiger charge is -2.07. The van der Waals surface area contributed by atoms with Gasteiger partial charge in [-0.1, -0.05) is 18.2 Å². The summed E-state index contributed by atoms with van der Waals surface area (Å²) in [6.45, 7) is 1.03. The molecule has 4 rings (SSSR count). The summed E-state index contributed by atoms with van der Waals surface area (Å²) in [7, 11) is 0. The van der Waals surface area contributed by atoms with Crippen LogP contribution in [-0.2, 0) is 13.1 Å². The Morgan fingerprint density at radius 3 is 3.14 bits per heavy atom. The number of oxazole rings is 1. The Morgan fingerprint density at radius 1 is 1.32 bits per heavy atom. The van der Waals surface area contributed by atoms with Crippen LogP contribution in [0.4, 0.5) is 5.69 Å². The Balaban J connectivity index is 1.52. The molecule has 6 heteroatoms. The summed E-state index contributed by atoms with van der Waals surface area (Å²) in [5.74, 6) is 1.33. The number of benzene rings is 1. The van der Waals surface area contributed by atoms with Crippen molar-refractivity contribution < 1.29 is 9.21 Å². The highest BCUT2D eigenvalue weighted by molar-refractivity contribution is 7.13. The van der Waals surface area contributed by atoms with E-state index in [1.165, 1.54) is 0 Å². The average Bonchev–Trinajstić information content (AvgIpc) is 3.26. The molecule has 2 N–H and O–H groups in total. The van der Waals surface area contributed by atoms with Crippen LogP contribution in [0.25, 0.3) is 10.6 Å². The number of aromatic nitrogens is 1. The fraction of sp³-hybridized carbons (Fsp3) is 0.125. The molecule has 0 fully saturated rings. The molecular formula is C16H13N3O2S. The Morgan fingerprint density at radius 2 is 2.27 bits per heavy atom. The summed E-state index contributed by atoms with van der Waals surface area (Å²) in [6, 6.07) is 9.77. The standard InChI is InChI=1S/C16H13N3O2S/c20-16-15-10(7-19-16)3-1-4-11(15)17-9-14-18-8-12(21-14)13-5-2-6-22-13/h1-6,8,17H,7,9H2,(H,19,20). The monoisotopic (exact) mass is 311 g/mol. The summed E-state index contributed by atoms with van der Waals surface area (Å²) in [6.07, 6.45) is 1.73. The van der Waals surface area contributed by atoms with Crippen molar-refractivity contribution in [3.05, 3.63) is 58.9 Å². The number of amides is 1. The maximum absolute atomic E-state index is 11.9. The predicted octanol–water partition coefficient (Wildman–Crippen LogP) is 3.26. The first-order chi connectivity index (χ1) is 10.8. The number of rotatable bonds is 4. The molecular weight excluding hydrogens is 298 g/mol. The van der Waals surface area contributed by atoms with Gasteiger partial charge in [0.15, 0.2) is 5.76 Å². The van der Waals surface area contributed by atoms with E-state index in [1.54, 1.807) is 17.5 Å². The van der Waals surface area contributed by atoms with Gasteiger partial charge in [-0.25, -0.2) is 4.98 Å². The van der Waals surface area contributed by atoms with Crippen molar-refractivity contribution >= 4 is 22.9 Å². The number of carbonyl (C=O) groups is 1. The highest BCUT2D eigenvalue weighted by Gasteiger charge is 2.22. The van der Waals surface area contributed by atoms with Gasteiger partial charge in [-0.3, -0.25) is 4.79 Å². The molecule has 0 saturated heterocycles. The van der Waals surface area contributed by atoms with Gasteiger partial charge in [-0.2, -0.15) is 0 Å². The highest BCUT2D eigenvalue weighted by Crippen LogP contribution is 2.27. The number of anilines is 1. The highest BCUT2D eigenvalue weighted by atomic mass is 32.1. The summed E-state index contributed by atoms with van der Waals surface area (Å²) < 4.78 is 5.73. The van der Waals surface area contributed by atoms with E-state index in [9.17, 15) is 4.79 Å². The minimum atomic E-state index is -0.0372. The van der Waals surface area contributed by atoms with Crippen LogP contribution in [0.5, 0.6) is 0 Å². The van der Waals surface area contributed by atoms with E-state index in [4.69, 9.17) is 4.42 Å². The van der Waals surface area contributed by atoms with E-state index in [0.29, 0.717) is 24.5 Å². The molecule has 0 spiro atoms. The molecule has 1 aliphatic heterocycles. The topological polar surface area (TPSA) is 67.2 Å². The lowest BCUT2D eigenvalue weighted by molar-refractivity contribution is 0.0966. The Kier molecular flexibility index (Phi) is 3.16. The third-order valence-corrected chi connectivity index (χ3v) is 4.45. The second-order valence-corrected chi connectivity index (χ2v) is 5.92. The smallest absolute Gasteiger partial charge is 0.253 e. The Bertz CT molecular complexity index is 824. The van der Waals surface area contributed by atoms with Gasteiger partial charge in [0.1, 0.15) is 0 Å².